The highest BCUT2D eigenvalue weighted by Gasteiger charge is 2.63. The van der Waals surface area contributed by atoms with Crippen LogP contribution in [-0.2, 0) is 4.74 Å². The first kappa shape index (κ1) is 16.9. The summed E-state index contributed by atoms with van der Waals surface area (Å²) in [6, 6.07) is 0. The maximum atomic E-state index is 12.2. The summed E-state index contributed by atoms with van der Waals surface area (Å²) in [5.74, 6) is -3.85. The molecule has 108 valence electrons. The zero-order valence-electron chi connectivity index (χ0n) is 7.64. The van der Waals surface area contributed by atoms with Gasteiger partial charge in [0, 0.05) is 0 Å². The van der Waals surface area contributed by atoms with Gasteiger partial charge < -0.3 is 0 Å². The summed E-state index contributed by atoms with van der Waals surface area (Å²) < 4.78 is 131. The predicted octanol–water partition coefficient (Wildman–Crippen LogP) is 4.17. The SMILES string of the molecule is FC(F)=C(F)C(F)(F)OC(F)(F)C(F)C(F)(F)F. The first-order valence-corrected chi connectivity index (χ1v) is 3.59. The molecule has 0 heterocycles. The quantitative estimate of drug-likeness (QED) is 0.708. The molecule has 0 rings (SSSR count). The third-order valence-electron chi connectivity index (χ3n) is 1.27. The first-order valence-electron chi connectivity index (χ1n) is 3.59. The minimum atomic E-state index is -6.31. The summed E-state index contributed by atoms with van der Waals surface area (Å²) in [6.45, 7) is 0. The molecule has 0 aliphatic carbocycles. The summed E-state index contributed by atoms with van der Waals surface area (Å²) in [5, 5.41) is 0. The van der Waals surface area contributed by atoms with E-state index in [9.17, 15) is 48.3 Å². The fourth-order valence-electron chi connectivity index (χ4n) is 0.568. The van der Waals surface area contributed by atoms with E-state index in [1.54, 1.807) is 0 Å². The zero-order chi connectivity index (χ0) is 14.9. The number of hydrogen-bond donors (Lipinski definition) is 0. The van der Waals surface area contributed by atoms with E-state index in [1.165, 1.54) is 0 Å². The van der Waals surface area contributed by atoms with Gasteiger partial charge >= 0.3 is 24.5 Å². The lowest BCUT2D eigenvalue weighted by Gasteiger charge is -2.25. The van der Waals surface area contributed by atoms with Crippen molar-refractivity contribution in [2.24, 2.45) is 0 Å². The van der Waals surface area contributed by atoms with E-state index < -0.39 is 36.5 Å². The van der Waals surface area contributed by atoms with Crippen LogP contribution in [0.1, 0.15) is 0 Å². The largest absolute Gasteiger partial charge is 0.428 e. The molecule has 0 N–H and O–H groups in total. The van der Waals surface area contributed by atoms with Gasteiger partial charge in [-0.15, -0.1) is 0 Å². The van der Waals surface area contributed by atoms with Gasteiger partial charge in [0.25, 0.3) is 12.0 Å². The van der Waals surface area contributed by atoms with Crippen LogP contribution in [0.25, 0.3) is 0 Å². The number of hydrogen-bond acceptors (Lipinski definition) is 1. The molecule has 0 saturated carbocycles. The van der Waals surface area contributed by atoms with E-state index in [0.717, 1.165) is 0 Å². The first-order chi connectivity index (χ1) is 7.72. The highest BCUT2D eigenvalue weighted by Crippen LogP contribution is 2.42. The molecule has 0 aliphatic rings. The van der Waals surface area contributed by atoms with Gasteiger partial charge in [-0.1, -0.05) is 0 Å². The number of rotatable bonds is 4. The van der Waals surface area contributed by atoms with Crippen LogP contribution in [0.4, 0.5) is 48.3 Å². The minimum absolute atomic E-state index is 1.86. The fourth-order valence-corrected chi connectivity index (χ4v) is 0.568. The van der Waals surface area contributed by atoms with Crippen LogP contribution in [0, 0.1) is 0 Å². The molecule has 0 aliphatic heterocycles. The highest BCUT2D eigenvalue weighted by molar-refractivity contribution is 5.00. The Labute approximate surface area is 90.8 Å². The Morgan fingerprint density at radius 1 is 0.833 bits per heavy atom. The number of halogens is 11. The Morgan fingerprint density at radius 2 is 1.22 bits per heavy atom. The van der Waals surface area contributed by atoms with Gasteiger partial charge in [-0.3, -0.25) is 0 Å². The third-order valence-corrected chi connectivity index (χ3v) is 1.27. The smallest absolute Gasteiger partial charge is 0.247 e. The second kappa shape index (κ2) is 4.90. The van der Waals surface area contributed by atoms with Gasteiger partial charge in [-0.05, 0) is 0 Å². The van der Waals surface area contributed by atoms with Crippen molar-refractivity contribution in [2.45, 2.75) is 24.6 Å². The molecule has 1 atom stereocenters. The summed E-state index contributed by atoms with van der Waals surface area (Å²) in [5.41, 5.74) is 0. The van der Waals surface area contributed by atoms with E-state index in [0.29, 0.717) is 0 Å². The Hall–Kier alpha value is -1.07. The molecule has 0 bridgehead atoms. The highest BCUT2D eigenvalue weighted by atomic mass is 19.4. The van der Waals surface area contributed by atoms with Crippen LogP contribution >= 0.6 is 0 Å². The molecule has 0 saturated heterocycles. The molecule has 12 heteroatoms. The summed E-state index contributed by atoms with van der Waals surface area (Å²) in [6.07, 6.45) is -27.7. The molecule has 1 nitrogen and oxygen atoms in total. The van der Waals surface area contributed by atoms with E-state index in [1.807, 2.05) is 4.74 Å². The maximum Gasteiger partial charge on any atom is 0.428 e. The summed E-state index contributed by atoms with van der Waals surface area (Å²) in [7, 11) is 0. The second-order valence-corrected chi connectivity index (χ2v) is 2.66. The van der Waals surface area contributed by atoms with Crippen molar-refractivity contribution >= 4 is 0 Å². The molecule has 0 radical (unpaired) electrons. The minimum Gasteiger partial charge on any atom is -0.247 e. The van der Waals surface area contributed by atoms with Crippen LogP contribution in [0.5, 0.6) is 0 Å². The molecule has 0 amide bonds. The topological polar surface area (TPSA) is 9.23 Å². The normalized spacial score (nSPS) is 15.5. The molecule has 0 aromatic rings. The monoisotopic (exact) mass is 298 g/mol. The number of ether oxygens (including phenoxy) is 1. The molecule has 0 aromatic carbocycles. The Morgan fingerprint density at radius 3 is 1.50 bits per heavy atom. The zero-order valence-corrected chi connectivity index (χ0v) is 7.64. The molecule has 0 spiro atoms. The van der Waals surface area contributed by atoms with Gasteiger partial charge in [0.05, 0.1) is 0 Å². The van der Waals surface area contributed by atoms with Crippen molar-refractivity contribution in [1.82, 2.24) is 0 Å². The average Bonchev–Trinajstić information content (AvgIpc) is 2.12. The van der Waals surface area contributed by atoms with E-state index in [2.05, 4.69) is 0 Å². The van der Waals surface area contributed by atoms with Crippen LogP contribution in [-0.4, -0.2) is 24.6 Å². The molecule has 0 aromatic heterocycles. The van der Waals surface area contributed by atoms with E-state index in [4.69, 9.17) is 0 Å². The molecule has 1 unspecified atom stereocenters. The average molecular weight is 298 g/mol. The van der Waals surface area contributed by atoms with Gasteiger partial charge in [0.1, 0.15) is 0 Å². The maximum absolute atomic E-state index is 12.2. The van der Waals surface area contributed by atoms with Crippen molar-refractivity contribution in [3.05, 3.63) is 11.9 Å². The van der Waals surface area contributed by atoms with E-state index >= 15 is 0 Å². The van der Waals surface area contributed by atoms with Gasteiger partial charge in [0.2, 0.25) is 0 Å². The second-order valence-electron chi connectivity index (χ2n) is 2.66. The lowest BCUT2D eigenvalue weighted by molar-refractivity contribution is -0.408. The summed E-state index contributed by atoms with van der Waals surface area (Å²) in [4.78, 5) is 0. The van der Waals surface area contributed by atoms with Crippen molar-refractivity contribution in [3.63, 3.8) is 0 Å². The van der Waals surface area contributed by atoms with Crippen molar-refractivity contribution in [3.8, 4) is 0 Å². The van der Waals surface area contributed by atoms with E-state index in [-0.39, 0.29) is 0 Å². The summed E-state index contributed by atoms with van der Waals surface area (Å²) >= 11 is 0. The molecule has 0 fully saturated rings. The van der Waals surface area contributed by atoms with Crippen LogP contribution in [0.15, 0.2) is 11.9 Å². The van der Waals surface area contributed by atoms with Gasteiger partial charge in [-0.25, -0.2) is 9.13 Å². The third kappa shape index (κ3) is 3.99. The van der Waals surface area contributed by atoms with Crippen LogP contribution in [0.3, 0.4) is 0 Å². The van der Waals surface area contributed by atoms with Gasteiger partial charge in [-0.2, -0.15) is 43.9 Å². The van der Waals surface area contributed by atoms with Crippen LogP contribution in [0.2, 0.25) is 0 Å². The molecule has 18 heavy (non-hydrogen) atoms. The van der Waals surface area contributed by atoms with Crippen molar-refractivity contribution in [1.29, 1.82) is 0 Å². The van der Waals surface area contributed by atoms with Crippen LogP contribution < -0.4 is 0 Å². The van der Waals surface area contributed by atoms with Crippen molar-refractivity contribution < 1.29 is 53.0 Å². The fraction of sp³-hybridized carbons (Fsp3) is 0.667. The Bertz CT molecular complexity index is 325. The molecular formula is C6HF11O. The Kier molecular flexibility index (Phi) is 4.61. The predicted molar refractivity (Wildman–Crippen MR) is 32.3 cm³/mol. The number of alkyl halides is 8. The Balaban J connectivity index is 5.16. The van der Waals surface area contributed by atoms with Gasteiger partial charge in [0.15, 0.2) is 0 Å². The standard InChI is InChI=1S/C6HF11O/c7-1(2(8)9)5(14,15)18-6(16,17)3(10)4(11,12)13/h3H. The molecular weight excluding hydrogens is 297 g/mol. The van der Waals surface area contributed by atoms with Crippen molar-refractivity contribution in [2.75, 3.05) is 0 Å². The lowest BCUT2D eigenvalue weighted by atomic mass is 10.3. The lowest BCUT2D eigenvalue weighted by Crippen LogP contribution is -2.47.